The summed E-state index contributed by atoms with van der Waals surface area (Å²) in [6, 6.07) is 2.00. The zero-order valence-electron chi connectivity index (χ0n) is 11.4. The quantitative estimate of drug-likeness (QED) is 0.842. The molecule has 2 rings (SSSR count). The van der Waals surface area contributed by atoms with E-state index in [-0.39, 0.29) is 12.0 Å². The van der Waals surface area contributed by atoms with E-state index in [1.807, 2.05) is 31.7 Å². The number of rotatable bonds is 2. The molecule has 0 spiro atoms. The Balaban J connectivity index is 2.02. The molecule has 1 fully saturated rings. The topological polar surface area (TPSA) is 56.3 Å². The zero-order valence-corrected chi connectivity index (χ0v) is 11.4. The normalized spacial score (nSPS) is 19.0. The molecular formula is C14H22N2O2. The maximum Gasteiger partial charge on any atom is 0.270 e. The third-order valence-corrected chi connectivity index (χ3v) is 3.87. The van der Waals surface area contributed by atoms with Gasteiger partial charge in [-0.3, -0.25) is 4.79 Å². The summed E-state index contributed by atoms with van der Waals surface area (Å²) in [6.07, 6.45) is 1.52. The molecule has 0 saturated carbocycles. The van der Waals surface area contributed by atoms with Crippen molar-refractivity contribution in [2.45, 2.75) is 39.7 Å². The number of amides is 1. The van der Waals surface area contributed by atoms with Gasteiger partial charge in [0, 0.05) is 18.8 Å². The van der Waals surface area contributed by atoms with Crippen molar-refractivity contribution < 1.29 is 9.90 Å². The number of aliphatic hydroxyl groups is 1. The van der Waals surface area contributed by atoms with Gasteiger partial charge in [-0.1, -0.05) is 0 Å². The van der Waals surface area contributed by atoms with E-state index in [9.17, 15) is 9.90 Å². The first kappa shape index (κ1) is 13.1. The van der Waals surface area contributed by atoms with Crippen molar-refractivity contribution in [2.75, 3.05) is 13.1 Å². The molecule has 1 aliphatic heterocycles. The van der Waals surface area contributed by atoms with Gasteiger partial charge in [-0.2, -0.15) is 0 Å². The molecule has 2 heterocycles. The Hall–Kier alpha value is -1.29. The maximum absolute atomic E-state index is 12.3. The van der Waals surface area contributed by atoms with Crippen LogP contribution in [0.2, 0.25) is 0 Å². The Kier molecular flexibility index (Phi) is 3.76. The molecule has 1 atom stereocenters. The number of piperidine rings is 1. The fourth-order valence-corrected chi connectivity index (χ4v) is 2.69. The number of likely N-dealkylation sites (tertiary alicyclic amines) is 1. The van der Waals surface area contributed by atoms with Gasteiger partial charge in [-0.15, -0.1) is 0 Å². The van der Waals surface area contributed by atoms with Gasteiger partial charge in [0.15, 0.2) is 0 Å². The molecule has 0 aromatic carbocycles. The minimum atomic E-state index is -0.267. The van der Waals surface area contributed by atoms with Crippen LogP contribution >= 0.6 is 0 Å². The van der Waals surface area contributed by atoms with Crippen molar-refractivity contribution in [3.8, 4) is 0 Å². The van der Waals surface area contributed by atoms with E-state index in [0.717, 1.165) is 37.2 Å². The molecule has 1 unspecified atom stereocenters. The lowest BCUT2D eigenvalue weighted by atomic mass is 9.92. The Bertz CT molecular complexity index is 429. The molecule has 1 aliphatic rings. The number of aromatic amines is 1. The summed E-state index contributed by atoms with van der Waals surface area (Å²) >= 11 is 0. The zero-order chi connectivity index (χ0) is 13.3. The van der Waals surface area contributed by atoms with E-state index in [2.05, 4.69) is 4.98 Å². The third kappa shape index (κ3) is 2.58. The van der Waals surface area contributed by atoms with E-state index >= 15 is 0 Å². The summed E-state index contributed by atoms with van der Waals surface area (Å²) in [7, 11) is 0. The summed E-state index contributed by atoms with van der Waals surface area (Å²) in [5.74, 6) is 0.421. The lowest BCUT2D eigenvalue weighted by Gasteiger charge is -2.33. The average Bonchev–Trinajstić information content (AvgIpc) is 2.67. The first-order chi connectivity index (χ1) is 8.49. The average molecular weight is 250 g/mol. The number of carbonyl (C=O) groups is 1. The highest BCUT2D eigenvalue weighted by molar-refractivity contribution is 5.94. The summed E-state index contributed by atoms with van der Waals surface area (Å²) in [4.78, 5) is 17.4. The molecule has 1 aromatic rings. The predicted molar refractivity (Wildman–Crippen MR) is 70.6 cm³/mol. The van der Waals surface area contributed by atoms with E-state index in [1.54, 1.807) is 0 Å². The van der Waals surface area contributed by atoms with Crippen LogP contribution in [0.25, 0.3) is 0 Å². The summed E-state index contributed by atoms with van der Waals surface area (Å²) < 4.78 is 0. The molecule has 0 aliphatic carbocycles. The second-order valence-electron chi connectivity index (χ2n) is 5.38. The van der Waals surface area contributed by atoms with Crippen molar-refractivity contribution in [1.29, 1.82) is 0 Å². The number of aryl methyl sites for hydroxylation is 2. The van der Waals surface area contributed by atoms with Gasteiger partial charge in [-0.25, -0.2) is 0 Å². The van der Waals surface area contributed by atoms with Gasteiger partial charge in [0.25, 0.3) is 5.91 Å². The van der Waals surface area contributed by atoms with Gasteiger partial charge in [0.2, 0.25) is 0 Å². The largest absolute Gasteiger partial charge is 0.393 e. The van der Waals surface area contributed by atoms with E-state index < -0.39 is 0 Å². The minimum absolute atomic E-state index is 0.0876. The minimum Gasteiger partial charge on any atom is -0.393 e. The summed E-state index contributed by atoms with van der Waals surface area (Å²) in [6.45, 7) is 7.24. The smallest absolute Gasteiger partial charge is 0.270 e. The Labute approximate surface area is 108 Å². The fraction of sp³-hybridized carbons (Fsp3) is 0.643. The van der Waals surface area contributed by atoms with Crippen molar-refractivity contribution in [3.05, 3.63) is 23.0 Å². The van der Waals surface area contributed by atoms with Crippen LogP contribution in [0.5, 0.6) is 0 Å². The van der Waals surface area contributed by atoms with Crippen molar-refractivity contribution in [3.63, 3.8) is 0 Å². The first-order valence-corrected chi connectivity index (χ1v) is 6.62. The molecule has 2 N–H and O–H groups in total. The number of nitrogens with one attached hydrogen (secondary N) is 1. The highest BCUT2D eigenvalue weighted by Crippen LogP contribution is 2.22. The number of carbonyl (C=O) groups excluding carboxylic acids is 1. The van der Waals surface area contributed by atoms with Crippen LogP contribution < -0.4 is 0 Å². The van der Waals surface area contributed by atoms with Crippen molar-refractivity contribution in [2.24, 2.45) is 5.92 Å². The van der Waals surface area contributed by atoms with Crippen LogP contribution in [-0.4, -0.2) is 40.1 Å². The van der Waals surface area contributed by atoms with E-state index in [1.165, 1.54) is 0 Å². The van der Waals surface area contributed by atoms with Crippen LogP contribution in [-0.2, 0) is 0 Å². The van der Waals surface area contributed by atoms with Gasteiger partial charge in [0.05, 0.1) is 6.10 Å². The van der Waals surface area contributed by atoms with Crippen molar-refractivity contribution in [1.82, 2.24) is 9.88 Å². The lowest BCUT2D eigenvalue weighted by Crippen LogP contribution is -2.41. The Morgan fingerprint density at radius 2 is 2.06 bits per heavy atom. The van der Waals surface area contributed by atoms with Gasteiger partial charge < -0.3 is 15.0 Å². The number of aromatic nitrogens is 1. The molecule has 4 nitrogen and oxygen atoms in total. The van der Waals surface area contributed by atoms with E-state index in [4.69, 9.17) is 0 Å². The number of nitrogens with zero attached hydrogens (tertiary/aromatic N) is 1. The number of H-pyrrole nitrogens is 1. The summed E-state index contributed by atoms with van der Waals surface area (Å²) in [5, 5.41) is 9.56. The fourth-order valence-electron chi connectivity index (χ4n) is 2.69. The summed E-state index contributed by atoms with van der Waals surface area (Å²) in [5.41, 5.74) is 2.74. The van der Waals surface area contributed by atoms with Crippen LogP contribution in [0.15, 0.2) is 6.07 Å². The van der Waals surface area contributed by atoms with Gasteiger partial charge in [0.1, 0.15) is 5.69 Å². The maximum atomic E-state index is 12.3. The highest BCUT2D eigenvalue weighted by atomic mass is 16.3. The molecule has 0 radical (unpaired) electrons. The predicted octanol–water partition coefficient (Wildman–Crippen LogP) is 1.86. The highest BCUT2D eigenvalue weighted by Gasteiger charge is 2.27. The number of aliphatic hydroxyl groups excluding tert-OH is 1. The second kappa shape index (κ2) is 5.14. The molecular weight excluding hydrogens is 228 g/mol. The number of hydrogen-bond acceptors (Lipinski definition) is 2. The van der Waals surface area contributed by atoms with Gasteiger partial charge in [-0.05, 0) is 51.2 Å². The second-order valence-corrected chi connectivity index (χ2v) is 5.38. The molecule has 1 saturated heterocycles. The molecule has 4 heteroatoms. The van der Waals surface area contributed by atoms with Crippen LogP contribution in [0.4, 0.5) is 0 Å². The third-order valence-electron chi connectivity index (χ3n) is 3.87. The van der Waals surface area contributed by atoms with Crippen LogP contribution in [0.3, 0.4) is 0 Å². The first-order valence-electron chi connectivity index (χ1n) is 6.62. The monoisotopic (exact) mass is 250 g/mol. The molecule has 100 valence electrons. The number of hydrogen-bond donors (Lipinski definition) is 2. The van der Waals surface area contributed by atoms with Crippen LogP contribution in [0.1, 0.15) is 41.5 Å². The van der Waals surface area contributed by atoms with Gasteiger partial charge >= 0.3 is 0 Å². The Morgan fingerprint density at radius 1 is 1.44 bits per heavy atom. The molecule has 1 aromatic heterocycles. The SMILES string of the molecule is Cc1cc(C)c(C(=O)N2CCC(C(C)O)CC2)[nH]1. The Morgan fingerprint density at radius 3 is 2.50 bits per heavy atom. The standard InChI is InChI=1S/C14H22N2O2/c1-9-8-10(2)15-13(9)14(18)16-6-4-12(5-7-16)11(3)17/h8,11-12,15,17H,4-7H2,1-3H3. The molecule has 1 amide bonds. The molecule has 18 heavy (non-hydrogen) atoms. The van der Waals surface area contributed by atoms with Crippen LogP contribution in [0, 0.1) is 19.8 Å². The molecule has 0 bridgehead atoms. The van der Waals surface area contributed by atoms with Crippen molar-refractivity contribution >= 4 is 5.91 Å². The van der Waals surface area contributed by atoms with E-state index in [0.29, 0.717) is 11.6 Å². The lowest BCUT2D eigenvalue weighted by molar-refractivity contribution is 0.0517.